The maximum absolute atomic E-state index is 14.2. The highest BCUT2D eigenvalue weighted by Crippen LogP contribution is 2.46. The van der Waals surface area contributed by atoms with Crippen LogP contribution in [-0.4, -0.2) is 47.0 Å². The van der Waals surface area contributed by atoms with Gasteiger partial charge in [0.1, 0.15) is 11.2 Å². The summed E-state index contributed by atoms with van der Waals surface area (Å²) < 4.78 is 56.4. The maximum Gasteiger partial charge on any atom is 0.414 e. The molecule has 2 amide bonds. The molecule has 1 aliphatic carbocycles. The molecule has 2 saturated heterocycles. The first kappa shape index (κ1) is 22.9. The Kier molecular flexibility index (Phi) is 5.46. The molecule has 1 aromatic carbocycles. The summed E-state index contributed by atoms with van der Waals surface area (Å²) in [6.45, 7) is 0.0986. The quantitative estimate of drug-likeness (QED) is 0.499. The molecule has 1 spiro atoms. The lowest BCUT2D eigenvalue weighted by Gasteiger charge is -2.30. The molecule has 3 aliphatic rings. The lowest BCUT2D eigenvalue weighted by molar-refractivity contribution is -0.191. The van der Waals surface area contributed by atoms with E-state index in [-0.39, 0.29) is 42.7 Å². The zero-order valence-electron chi connectivity index (χ0n) is 17.9. The van der Waals surface area contributed by atoms with Crippen molar-refractivity contribution in [3.05, 3.63) is 58.1 Å². The number of anilines is 1. The van der Waals surface area contributed by atoms with E-state index >= 15 is 0 Å². The van der Waals surface area contributed by atoms with E-state index in [0.717, 1.165) is 10.5 Å². The Hall–Kier alpha value is -2.88. The number of carbonyl (C=O) groups is 2. The van der Waals surface area contributed by atoms with Crippen LogP contribution in [0.4, 0.5) is 23.2 Å². The average Bonchev–Trinajstić information content (AvgIpc) is 3.46. The molecular formula is C23H21ClF4N4O2. The molecule has 1 aromatic heterocycles. The maximum atomic E-state index is 14.2. The Morgan fingerprint density at radius 1 is 1.18 bits per heavy atom. The van der Waals surface area contributed by atoms with Crippen molar-refractivity contribution in [2.75, 3.05) is 18.4 Å². The number of pyridine rings is 1. The molecule has 2 aromatic rings. The van der Waals surface area contributed by atoms with Crippen molar-refractivity contribution in [1.29, 1.82) is 0 Å². The van der Waals surface area contributed by atoms with Crippen LogP contribution in [-0.2, 0) is 22.4 Å². The molecule has 2 fully saturated rings. The summed E-state index contributed by atoms with van der Waals surface area (Å²) in [5, 5.41) is 5.78. The van der Waals surface area contributed by atoms with Crippen LogP contribution >= 0.6 is 11.6 Å². The summed E-state index contributed by atoms with van der Waals surface area (Å²) in [4.78, 5) is 29.9. The van der Waals surface area contributed by atoms with Gasteiger partial charge in [0.05, 0.1) is 22.6 Å². The van der Waals surface area contributed by atoms with Gasteiger partial charge in [-0.1, -0.05) is 17.7 Å². The molecule has 5 rings (SSSR count). The molecule has 2 N–H and O–H groups in total. The SMILES string of the molecule is O=C1NCCC12CCN(C(c1ccc(NC3Cc4ccc(Cl)c(F)c4C3)cn1)C(F)(F)F)C2=O. The van der Waals surface area contributed by atoms with Crippen molar-refractivity contribution >= 4 is 29.1 Å². The number of nitrogens with one attached hydrogen (secondary N) is 2. The van der Waals surface area contributed by atoms with Crippen molar-refractivity contribution in [2.24, 2.45) is 5.41 Å². The molecule has 0 saturated carbocycles. The first-order valence-electron chi connectivity index (χ1n) is 10.9. The Morgan fingerprint density at radius 3 is 2.62 bits per heavy atom. The minimum atomic E-state index is -4.76. The molecule has 0 radical (unpaired) electrons. The molecule has 34 heavy (non-hydrogen) atoms. The van der Waals surface area contributed by atoms with Gasteiger partial charge in [-0.05, 0) is 55.0 Å². The third-order valence-electron chi connectivity index (χ3n) is 6.99. The molecule has 3 heterocycles. The van der Waals surface area contributed by atoms with Gasteiger partial charge >= 0.3 is 6.18 Å². The minimum absolute atomic E-state index is 0.0483. The van der Waals surface area contributed by atoms with Gasteiger partial charge in [0.2, 0.25) is 11.8 Å². The predicted molar refractivity (Wildman–Crippen MR) is 116 cm³/mol. The normalized spacial score (nSPS) is 25.1. The van der Waals surface area contributed by atoms with Crippen molar-refractivity contribution < 1.29 is 27.2 Å². The number of nitrogens with zero attached hydrogens (tertiary/aromatic N) is 2. The summed E-state index contributed by atoms with van der Waals surface area (Å²) >= 11 is 5.85. The van der Waals surface area contributed by atoms with E-state index in [0.29, 0.717) is 24.1 Å². The Balaban J connectivity index is 1.34. The van der Waals surface area contributed by atoms with Crippen molar-refractivity contribution in [2.45, 2.75) is 43.9 Å². The molecule has 180 valence electrons. The van der Waals surface area contributed by atoms with Gasteiger partial charge in [-0.2, -0.15) is 13.2 Å². The smallest absolute Gasteiger partial charge is 0.380 e. The first-order valence-corrected chi connectivity index (χ1v) is 11.3. The second-order valence-electron chi connectivity index (χ2n) is 9.00. The first-order chi connectivity index (χ1) is 16.1. The van der Waals surface area contributed by atoms with Crippen LogP contribution in [0.3, 0.4) is 0 Å². The van der Waals surface area contributed by atoms with Crippen LogP contribution < -0.4 is 10.6 Å². The van der Waals surface area contributed by atoms with Crippen LogP contribution in [0, 0.1) is 11.2 Å². The highest BCUT2D eigenvalue weighted by molar-refractivity contribution is 6.30. The van der Waals surface area contributed by atoms with Gasteiger partial charge in [0.25, 0.3) is 0 Å². The van der Waals surface area contributed by atoms with E-state index in [1.165, 1.54) is 24.4 Å². The zero-order chi connectivity index (χ0) is 24.3. The van der Waals surface area contributed by atoms with Crippen LogP contribution in [0.5, 0.6) is 0 Å². The van der Waals surface area contributed by atoms with Crippen LogP contribution in [0.2, 0.25) is 5.02 Å². The van der Waals surface area contributed by atoms with Gasteiger partial charge < -0.3 is 15.5 Å². The second-order valence-corrected chi connectivity index (χ2v) is 9.41. The van der Waals surface area contributed by atoms with E-state index < -0.39 is 35.3 Å². The fourth-order valence-electron chi connectivity index (χ4n) is 5.28. The predicted octanol–water partition coefficient (Wildman–Crippen LogP) is 3.80. The van der Waals surface area contributed by atoms with E-state index in [2.05, 4.69) is 15.6 Å². The third-order valence-corrected chi connectivity index (χ3v) is 7.28. The van der Waals surface area contributed by atoms with Gasteiger partial charge in [0, 0.05) is 19.1 Å². The van der Waals surface area contributed by atoms with Crippen molar-refractivity contribution in [3.63, 3.8) is 0 Å². The summed E-state index contributed by atoms with van der Waals surface area (Å²) in [5.74, 6) is -1.77. The number of hydrogen-bond donors (Lipinski definition) is 2. The van der Waals surface area contributed by atoms with E-state index in [1.54, 1.807) is 6.07 Å². The molecule has 3 atom stereocenters. The monoisotopic (exact) mass is 496 g/mol. The number of alkyl halides is 3. The number of hydrogen-bond acceptors (Lipinski definition) is 4. The topological polar surface area (TPSA) is 74.3 Å². The van der Waals surface area contributed by atoms with E-state index in [1.807, 2.05) is 0 Å². The minimum Gasteiger partial charge on any atom is -0.380 e. The molecule has 2 aliphatic heterocycles. The summed E-state index contributed by atoms with van der Waals surface area (Å²) in [7, 11) is 0. The Morgan fingerprint density at radius 2 is 1.97 bits per heavy atom. The van der Waals surface area contributed by atoms with Crippen molar-refractivity contribution in [1.82, 2.24) is 15.2 Å². The Bertz CT molecular complexity index is 1160. The standard InChI is InChI=1S/C23H21ClF4N4O2/c24-16-3-1-12-9-14(10-15(12)18(16)25)31-13-2-4-17(30-11-13)19(23(26,27)28)32-8-6-22(21(32)34)5-7-29-20(22)33/h1-4,11,14,19,31H,5-10H2,(H,29,33). The number of halogens is 5. The van der Waals surface area contributed by atoms with Crippen LogP contribution in [0.15, 0.2) is 30.5 Å². The lowest BCUT2D eigenvalue weighted by Crippen LogP contribution is -2.45. The number of carbonyl (C=O) groups excluding carboxylic acids is 2. The molecule has 3 unspecified atom stereocenters. The Labute approximate surface area is 197 Å². The molecular weight excluding hydrogens is 476 g/mol. The molecule has 6 nitrogen and oxygen atoms in total. The fourth-order valence-corrected chi connectivity index (χ4v) is 5.46. The fraction of sp³-hybridized carbons (Fsp3) is 0.435. The van der Waals surface area contributed by atoms with Crippen molar-refractivity contribution in [3.8, 4) is 0 Å². The zero-order valence-corrected chi connectivity index (χ0v) is 18.6. The lowest BCUT2D eigenvalue weighted by atomic mass is 9.85. The van der Waals surface area contributed by atoms with Gasteiger partial charge in [-0.3, -0.25) is 14.6 Å². The molecule has 11 heteroatoms. The van der Waals surface area contributed by atoms with E-state index in [4.69, 9.17) is 11.6 Å². The van der Waals surface area contributed by atoms with E-state index in [9.17, 15) is 27.2 Å². The van der Waals surface area contributed by atoms with Gasteiger partial charge in [0.15, 0.2) is 6.04 Å². The third kappa shape index (κ3) is 3.68. The highest BCUT2D eigenvalue weighted by Gasteiger charge is 2.60. The van der Waals surface area contributed by atoms with Crippen LogP contribution in [0.25, 0.3) is 0 Å². The van der Waals surface area contributed by atoms with Gasteiger partial charge in [-0.25, -0.2) is 4.39 Å². The highest BCUT2D eigenvalue weighted by atomic mass is 35.5. The molecule has 0 bridgehead atoms. The van der Waals surface area contributed by atoms with Gasteiger partial charge in [-0.15, -0.1) is 0 Å². The number of likely N-dealkylation sites (tertiary alicyclic amines) is 1. The number of rotatable bonds is 4. The second kappa shape index (κ2) is 8.11. The summed E-state index contributed by atoms with van der Waals surface area (Å²) in [6, 6.07) is 3.56. The summed E-state index contributed by atoms with van der Waals surface area (Å²) in [6.07, 6.45) is -2.31. The number of aromatic nitrogens is 1. The largest absolute Gasteiger partial charge is 0.414 e. The average molecular weight is 497 g/mol. The summed E-state index contributed by atoms with van der Waals surface area (Å²) in [5.41, 5.74) is 0.103. The van der Waals surface area contributed by atoms with Crippen LogP contribution in [0.1, 0.15) is 35.7 Å². The number of fused-ring (bicyclic) bond motifs is 1. The number of benzene rings is 1. The number of amides is 2.